The topological polar surface area (TPSA) is 111 Å². The van der Waals surface area contributed by atoms with Crippen molar-refractivity contribution in [3.05, 3.63) is 74.7 Å². The lowest BCUT2D eigenvalue weighted by molar-refractivity contribution is -0.384. The second-order valence-corrected chi connectivity index (χ2v) is 9.99. The number of hydrogen-bond acceptors (Lipinski definition) is 7. The number of methoxy groups -OCH3 is 1. The van der Waals surface area contributed by atoms with Crippen LogP contribution in [0.5, 0.6) is 5.75 Å². The Morgan fingerprint density at radius 1 is 1.16 bits per heavy atom. The van der Waals surface area contributed by atoms with Crippen LogP contribution in [0.1, 0.15) is 30.1 Å². The van der Waals surface area contributed by atoms with Gasteiger partial charge in [0.2, 0.25) is 5.89 Å². The number of ether oxygens (including phenoxy) is 1. The number of fused-ring (bicyclic) bond motifs is 1. The zero-order valence-corrected chi connectivity index (χ0v) is 21.9. The van der Waals surface area contributed by atoms with Crippen LogP contribution in [-0.2, 0) is 0 Å². The summed E-state index contributed by atoms with van der Waals surface area (Å²) < 4.78 is 11.9. The minimum absolute atomic E-state index is 0.0653. The fourth-order valence-electron chi connectivity index (χ4n) is 4.46. The Kier molecular flexibility index (Phi) is 6.84. The van der Waals surface area contributed by atoms with Gasteiger partial charge in [-0.3, -0.25) is 14.9 Å². The van der Waals surface area contributed by atoms with Gasteiger partial charge in [-0.05, 0) is 83.2 Å². The van der Waals surface area contributed by atoms with Gasteiger partial charge < -0.3 is 19.4 Å². The summed E-state index contributed by atoms with van der Waals surface area (Å²) in [5.41, 5.74) is 3.11. The van der Waals surface area contributed by atoms with Crippen LogP contribution in [0.4, 0.5) is 17.1 Å². The summed E-state index contributed by atoms with van der Waals surface area (Å²) in [5.74, 6) is 1.30. The van der Waals surface area contributed by atoms with E-state index in [1.54, 1.807) is 37.4 Å². The van der Waals surface area contributed by atoms with Crippen molar-refractivity contribution < 1.29 is 18.9 Å². The molecule has 5 rings (SSSR count). The van der Waals surface area contributed by atoms with Gasteiger partial charge in [-0.15, -0.1) is 0 Å². The first kappa shape index (κ1) is 24.8. The number of benzene rings is 3. The van der Waals surface area contributed by atoms with E-state index >= 15 is 0 Å². The fraction of sp³-hybridized carbons (Fsp3) is 0.259. The van der Waals surface area contributed by atoms with Gasteiger partial charge in [0.25, 0.3) is 11.6 Å². The molecule has 0 bridgehead atoms. The van der Waals surface area contributed by atoms with Crippen LogP contribution < -0.4 is 15.0 Å². The fourth-order valence-corrected chi connectivity index (χ4v) is 5.00. The van der Waals surface area contributed by atoms with Gasteiger partial charge in [0.05, 0.1) is 16.5 Å². The van der Waals surface area contributed by atoms with E-state index < -0.39 is 10.8 Å². The Bertz CT molecular complexity index is 1490. The van der Waals surface area contributed by atoms with Gasteiger partial charge in [0.15, 0.2) is 5.58 Å². The maximum Gasteiger partial charge on any atom is 0.293 e. The third kappa shape index (κ3) is 5.15. The van der Waals surface area contributed by atoms with E-state index in [-0.39, 0.29) is 11.3 Å². The van der Waals surface area contributed by atoms with Gasteiger partial charge in [-0.2, -0.15) is 0 Å². The Hall–Kier alpha value is -3.92. The van der Waals surface area contributed by atoms with Gasteiger partial charge >= 0.3 is 0 Å². The molecule has 2 heterocycles. The van der Waals surface area contributed by atoms with Crippen LogP contribution in [-0.4, -0.2) is 36.0 Å². The molecule has 0 aliphatic carbocycles. The predicted molar refractivity (Wildman–Crippen MR) is 145 cm³/mol. The molecule has 0 spiro atoms. The first-order chi connectivity index (χ1) is 17.8. The summed E-state index contributed by atoms with van der Waals surface area (Å²) in [6, 6.07) is 15.3. The number of oxazole rings is 1. The number of nitro benzene ring substituents is 1. The highest BCUT2D eigenvalue weighted by Crippen LogP contribution is 2.34. The molecule has 37 heavy (non-hydrogen) atoms. The van der Waals surface area contributed by atoms with E-state index in [0.717, 1.165) is 36.0 Å². The van der Waals surface area contributed by atoms with Crippen molar-refractivity contribution in [1.82, 2.24) is 4.98 Å². The average molecular weight is 565 g/mol. The van der Waals surface area contributed by atoms with Crippen LogP contribution in [0.2, 0.25) is 0 Å². The van der Waals surface area contributed by atoms with Gasteiger partial charge in [-0.25, -0.2) is 4.98 Å². The molecule has 190 valence electrons. The highest BCUT2D eigenvalue weighted by atomic mass is 79.9. The highest BCUT2D eigenvalue weighted by Gasteiger charge is 2.25. The number of hydrogen-bond donors (Lipinski definition) is 1. The number of nitro groups is 1. The second kappa shape index (κ2) is 10.2. The standard InChI is InChI=1S/C27H25BrN4O5/c1-16-9-11-31(12-10-16)22-6-3-17(14-23(22)32(34)35)26(33)29-19-5-8-25-21(15-19)30-27(37-25)18-4-7-24(36-2)20(28)13-18/h3-8,13-16H,9-12H2,1-2H3,(H,29,33). The van der Waals surface area contributed by atoms with Crippen molar-refractivity contribution in [2.45, 2.75) is 19.8 Å². The van der Waals surface area contributed by atoms with Gasteiger partial charge in [0.1, 0.15) is 17.0 Å². The molecule has 4 aromatic rings. The van der Waals surface area contributed by atoms with Crippen LogP contribution >= 0.6 is 15.9 Å². The van der Waals surface area contributed by atoms with E-state index in [1.165, 1.54) is 6.07 Å². The molecule has 9 nitrogen and oxygen atoms in total. The Labute approximate surface area is 221 Å². The van der Waals surface area contributed by atoms with Crippen molar-refractivity contribution in [2.24, 2.45) is 5.92 Å². The van der Waals surface area contributed by atoms with Gasteiger partial charge in [-0.1, -0.05) is 6.92 Å². The molecule has 10 heteroatoms. The monoisotopic (exact) mass is 564 g/mol. The number of nitrogens with zero attached hydrogens (tertiary/aromatic N) is 3. The third-order valence-electron chi connectivity index (χ3n) is 6.60. The molecule has 0 atom stereocenters. The molecule has 1 amide bonds. The number of rotatable bonds is 6. The van der Waals surface area contributed by atoms with Crippen molar-refractivity contribution in [2.75, 3.05) is 30.4 Å². The zero-order valence-electron chi connectivity index (χ0n) is 20.4. The molecule has 1 N–H and O–H groups in total. The van der Waals surface area contributed by atoms with Crippen molar-refractivity contribution in [3.63, 3.8) is 0 Å². The molecular weight excluding hydrogens is 540 g/mol. The predicted octanol–water partition coefficient (Wildman–Crippen LogP) is 6.66. The third-order valence-corrected chi connectivity index (χ3v) is 7.22. The summed E-state index contributed by atoms with van der Waals surface area (Å²) in [6.07, 6.45) is 1.97. The molecule has 1 saturated heterocycles. The summed E-state index contributed by atoms with van der Waals surface area (Å²) in [6.45, 7) is 3.72. The first-order valence-corrected chi connectivity index (χ1v) is 12.7. The minimum Gasteiger partial charge on any atom is -0.496 e. The molecule has 1 fully saturated rings. The number of carbonyl (C=O) groups excluding carboxylic acids is 1. The average Bonchev–Trinajstić information content (AvgIpc) is 3.32. The molecule has 1 aliphatic heterocycles. The van der Waals surface area contributed by atoms with Crippen molar-refractivity contribution in [3.8, 4) is 17.2 Å². The van der Waals surface area contributed by atoms with Crippen LogP contribution in [0.3, 0.4) is 0 Å². The Balaban J connectivity index is 1.36. The number of halogens is 1. The van der Waals surface area contributed by atoms with E-state index in [2.05, 4.69) is 33.2 Å². The largest absolute Gasteiger partial charge is 0.496 e. The van der Waals surface area contributed by atoms with E-state index in [9.17, 15) is 14.9 Å². The number of anilines is 2. The lowest BCUT2D eigenvalue weighted by Gasteiger charge is -2.31. The Morgan fingerprint density at radius 2 is 1.95 bits per heavy atom. The maximum absolute atomic E-state index is 13.0. The lowest BCUT2D eigenvalue weighted by Crippen LogP contribution is -2.33. The quantitative estimate of drug-likeness (QED) is 0.206. The normalized spacial score (nSPS) is 14.1. The summed E-state index contributed by atoms with van der Waals surface area (Å²) in [7, 11) is 1.59. The van der Waals surface area contributed by atoms with Crippen LogP contribution in [0, 0.1) is 16.0 Å². The lowest BCUT2D eigenvalue weighted by atomic mass is 9.98. The molecule has 3 aromatic carbocycles. The second-order valence-electron chi connectivity index (χ2n) is 9.14. The molecule has 1 aromatic heterocycles. The molecule has 0 radical (unpaired) electrons. The maximum atomic E-state index is 13.0. The minimum atomic E-state index is -0.441. The molecule has 1 aliphatic rings. The SMILES string of the molecule is COc1ccc(-c2nc3cc(NC(=O)c4ccc(N5CCC(C)CC5)c([N+](=O)[O-])c4)ccc3o2)cc1Br. The van der Waals surface area contributed by atoms with Crippen molar-refractivity contribution in [1.29, 1.82) is 0 Å². The number of amides is 1. The molecular formula is C27H25BrN4O5. The number of aromatic nitrogens is 1. The number of piperidine rings is 1. The summed E-state index contributed by atoms with van der Waals surface area (Å²) in [4.78, 5) is 30.9. The first-order valence-electron chi connectivity index (χ1n) is 11.9. The van der Waals surface area contributed by atoms with Crippen LogP contribution in [0.25, 0.3) is 22.6 Å². The summed E-state index contributed by atoms with van der Waals surface area (Å²) in [5, 5.41) is 14.6. The van der Waals surface area contributed by atoms with E-state index in [0.29, 0.717) is 40.0 Å². The van der Waals surface area contributed by atoms with E-state index in [4.69, 9.17) is 9.15 Å². The molecule has 0 saturated carbocycles. The number of nitrogens with one attached hydrogen (secondary N) is 1. The smallest absolute Gasteiger partial charge is 0.293 e. The zero-order chi connectivity index (χ0) is 26.1. The summed E-state index contributed by atoms with van der Waals surface area (Å²) >= 11 is 3.47. The highest BCUT2D eigenvalue weighted by molar-refractivity contribution is 9.10. The van der Waals surface area contributed by atoms with Gasteiger partial charge in [0, 0.05) is 36.0 Å². The molecule has 0 unspecified atom stereocenters. The van der Waals surface area contributed by atoms with E-state index in [1.807, 2.05) is 23.1 Å². The van der Waals surface area contributed by atoms with Crippen molar-refractivity contribution >= 4 is 50.0 Å². The Morgan fingerprint density at radius 3 is 2.65 bits per heavy atom. The van der Waals surface area contributed by atoms with Crippen LogP contribution in [0.15, 0.2) is 63.5 Å². The number of carbonyl (C=O) groups is 1.